The standard InChI is InChI=1S/C19H21N5O3.CH4O3S/c1-19(2,11-25)15-9-17(27-24-15)23-18(26)22-14-6-3-12(4-7-14)13-5-8-16(20)21-10-13;1-5(2,3)4/h3-10,25H,11H2,1-2H3,(H2,20,21)(H2,22,23,26);1H3,(H,2,3,4). The van der Waals surface area contributed by atoms with E-state index in [2.05, 4.69) is 20.8 Å². The summed E-state index contributed by atoms with van der Waals surface area (Å²) in [5.41, 5.74) is 8.11. The molecule has 0 bridgehead atoms. The van der Waals surface area contributed by atoms with Gasteiger partial charge >= 0.3 is 6.03 Å². The molecular weight excluding hydrogens is 438 g/mol. The first kappa shape index (κ1) is 24.8. The maximum Gasteiger partial charge on any atom is 0.326 e. The van der Waals surface area contributed by atoms with E-state index in [1.807, 2.05) is 32.0 Å². The van der Waals surface area contributed by atoms with Crippen molar-refractivity contribution in [2.24, 2.45) is 0 Å². The molecule has 0 radical (unpaired) electrons. The van der Waals surface area contributed by atoms with Gasteiger partial charge in [-0.1, -0.05) is 31.1 Å². The van der Waals surface area contributed by atoms with Crippen LogP contribution in [-0.2, 0) is 15.5 Å². The van der Waals surface area contributed by atoms with Gasteiger partial charge in [0.25, 0.3) is 10.1 Å². The minimum Gasteiger partial charge on any atom is -0.395 e. The summed E-state index contributed by atoms with van der Waals surface area (Å²) in [5.74, 6) is 0.667. The van der Waals surface area contributed by atoms with Crippen LogP contribution in [0.1, 0.15) is 19.5 Å². The van der Waals surface area contributed by atoms with Crippen molar-refractivity contribution in [3.8, 4) is 11.1 Å². The van der Waals surface area contributed by atoms with Gasteiger partial charge in [0, 0.05) is 28.9 Å². The first-order valence-electron chi connectivity index (χ1n) is 9.28. The van der Waals surface area contributed by atoms with Gasteiger partial charge in [0.15, 0.2) is 0 Å². The summed E-state index contributed by atoms with van der Waals surface area (Å²) >= 11 is 0. The number of carbonyl (C=O) groups excluding carboxylic acids is 1. The number of nitrogens with zero attached hydrogens (tertiary/aromatic N) is 2. The van der Waals surface area contributed by atoms with Crippen molar-refractivity contribution in [3.63, 3.8) is 0 Å². The van der Waals surface area contributed by atoms with Crippen LogP contribution in [0.3, 0.4) is 0 Å². The largest absolute Gasteiger partial charge is 0.395 e. The maximum atomic E-state index is 12.1. The van der Waals surface area contributed by atoms with Crippen LogP contribution in [0.15, 0.2) is 53.2 Å². The van der Waals surface area contributed by atoms with Crippen LogP contribution in [0.2, 0.25) is 0 Å². The number of carbonyl (C=O) groups is 1. The van der Waals surface area contributed by atoms with Gasteiger partial charge in [-0.25, -0.2) is 9.78 Å². The lowest BCUT2D eigenvalue weighted by atomic mass is 9.91. The lowest BCUT2D eigenvalue weighted by molar-refractivity contribution is 0.210. The van der Waals surface area contributed by atoms with Gasteiger partial charge in [-0.05, 0) is 29.8 Å². The second kappa shape index (κ2) is 10.2. The normalized spacial score (nSPS) is 11.3. The number of hydrogen-bond donors (Lipinski definition) is 5. The minimum atomic E-state index is -3.67. The van der Waals surface area contributed by atoms with Crippen molar-refractivity contribution in [1.82, 2.24) is 10.1 Å². The number of urea groups is 1. The monoisotopic (exact) mass is 463 g/mol. The highest BCUT2D eigenvalue weighted by molar-refractivity contribution is 7.85. The number of nitrogen functional groups attached to an aromatic ring is 1. The highest BCUT2D eigenvalue weighted by atomic mass is 32.2. The molecule has 0 aliphatic rings. The number of hydrogen-bond acceptors (Lipinski definition) is 8. The van der Waals surface area contributed by atoms with Gasteiger partial charge in [0.05, 0.1) is 18.6 Å². The zero-order valence-electron chi connectivity index (χ0n) is 17.7. The van der Waals surface area contributed by atoms with Crippen LogP contribution >= 0.6 is 0 Å². The van der Waals surface area contributed by atoms with Crippen molar-refractivity contribution >= 4 is 33.5 Å². The predicted octanol–water partition coefficient (Wildman–Crippen LogP) is 2.74. The van der Waals surface area contributed by atoms with E-state index in [0.29, 0.717) is 23.5 Å². The molecule has 2 heterocycles. The van der Waals surface area contributed by atoms with Crippen molar-refractivity contribution in [2.45, 2.75) is 19.3 Å². The summed E-state index contributed by atoms with van der Waals surface area (Å²) in [6.45, 7) is 3.57. The van der Waals surface area contributed by atoms with Gasteiger partial charge in [0.1, 0.15) is 5.82 Å². The van der Waals surface area contributed by atoms with Crippen LogP contribution in [0.4, 0.5) is 22.2 Å². The fourth-order valence-electron chi connectivity index (χ4n) is 2.33. The molecular formula is C20H25N5O6S. The molecule has 0 aliphatic heterocycles. The number of nitrogens with two attached hydrogens (primary N) is 1. The number of amides is 2. The zero-order valence-corrected chi connectivity index (χ0v) is 18.5. The zero-order chi connectivity index (χ0) is 23.9. The van der Waals surface area contributed by atoms with Crippen LogP contribution < -0.4 is 16.4 Å². The molecule has 0 aliphatic carbocycles. The Morgan fingerprint density at radius 3 is 2.25 bits per heavy atom. The molecule has 1 aromatic carbocycles. The van der Waals surface area contributed by atoms with E-state index in [0.717, 1.165) is 11.1 Å². The molecule has 0 unspecified atom stereocenters. The third-order valence-electron chi connectivity index (χ3n) is 4.10. The van der Waals surface area contributed by atoms with E-state index >= 15 is 0 Å². The number of benzene rings is 1. The fraction of sp³-hybridized carbons (Fsp3) is 0.250. The van der Waals surface area contributed by atoms with E-state index < -0.39 is 21.6 Å². The Labute approximate surface area is 185 Å². The van der Waals surface area contributed by atoms with Crippen LogP contribution in [0.5, 0.6) is 0 Å². The maximum absolute atomic E-state index is 12.1. The number of aliphatic hydroxyl groups excluding tert-OH is 1. The Bertz CT molecular complexity index is 1130. The molecule has 0 atom stereocenters. The van der Waals surface area contributed by atoms with Crippen LogP contribution in [0, 0.1) is 0 Å². The van der Waals surface area contributed by atoms with E-state index in [1.165, 1.54) is 0 Å². The Hall–Kier alpha value is -3.48. The number of rotatable bonds is 5. The Morgan fingerprint density at radius 1 is 1.12 bits per heavy atom. The first-order valence-corrected chi connectivity index (χ1v) is 11.1. The second-order valence-corrected chi connectivity index (χ2v) is 8.95. The molecule has 0 fully saturated rings. The molecule has 2 amide bonds. The van der Waals surface area contributed by atoms with Crippen LogP contribution in [0.25, 0.3) is 11.1 Å². The fourth-order valence-corrected chi connectivity index (χ4v) is 2.33. The molecule has 172 valence electrons. The van der Waals surface area contributed by atoms with E-state index in [1.54, 1.807) is 30.5 Å². The summed E-state index contributed by atoms with van der Waals surface area (Å²) in [7, 11) is -3.67. The summed E-state index contributed by atoms with van der Waals surface area (Å²) in [6, 6.07) is 12.1. The molecule has 0 spiro atoms. The first-order chi connectivity index (χ1) is 14.9. The number of aliphatic hydroxyl groups is 1. The van der Waals surface area contributed by atoms with Gasteiger partial charge in [0.2, 0.25) is 5.88 Å². The topological polar surface area (TPSA) is 181 Å². The predicted molar refractivity (Wildman–Crippen MR) is 121 cm³/mol. The van der Waals surface area contributed by atoms with Gasteiger partial charge < -0.3 is 20.7 Å². The van der Waals surface area contributed by atoms with Crippen LogP contribution in [-0.4, -0.2) is 47.1 Å². The van der Waals surface area contributed by atoms with Crippen molar-refractivity contribution < 1.29 is 27.4 Å². The van der Waals surface area contributed by atoms with E-state index in [9.17, 15) is 18.3 Å². The molecule has 2 aromatic heterocycles. The Morgan fingerprint density at radius 2 is 1.72 bits per heavy atom. The Kier molecular flexibility index (Phi) is 7.92. The molecule has 32 heavy (non-hydrogen) atoms. The van der Waals surface area contributed by atoms with Gasteiger partial charge in [-0.3, -0.25) is 9.87 Å². The highest BCUT2D eigenvalue weighted by Gasteiger charge is 2.24. The van der Waals surface area contributed by atoms with Crippen molar-refractivity contribution in [1.29, 1.82) is 0 Å². The number of pyridine rings is 1. The number of nitrogens with one attached hydrogen (secondary N) is 2. The highest BCUT2D eigenvalue weighted by Crippen LogP contribution is 2.24. The third kappa shape index (κ3) is 7.98. The lowest BCUT2D eigenvalue weighted by Crippen LogP contribution is -2.22. The van der Waals surface area contributed by atoms with Gasteiger partial charge in [-0.15, -0.1) is 0 Å². The lowest BCUT2D eigenvalue weighted by Gasteiger charge is -2.16. The van der Waals surface area contributed by atoms with E-state index in [-0.39, 0.29) is 12.5 Å². The van der Waals surface area contributed by atoms with Gasteiger partial charge in [-0.2, -0.15) is 8.42 Å². The molecule has 12 heteroatoms. The molecule has 3 rings (SSSR count). The number of anilines is 3. The quantitative estimate of drug-likeness (QED) is 0.355. The summed E-state index contributed by atoms with van der Waals surface area (Å²) in [4.78, 5) is 16.2. The minimum absolute atomic E-state index is 0.0823. The van der Waals surface area contributed by atoms with Crippen molar-refractivity contribution in [3.05, 3.63) is 54.4 Å². The summed E-state index contributed by atoms with van der Waals surface area (Å²) in [5, 5.41) is 18.5. The SMILES string of the molecule is CC(C)(CO)c1cc(NC(=O)Nc2ccc(-c3ccc(N)nc3)cc2)on1.CS(=O)(=O)O. The number of aromatic nitrogens is 2. The third-order valence-corrected chi connectivity index (χ3v) is 4.10. The smallest absolute Gasteiger partial charge is 0.326 e. The summed E-state index contributed by atoms with van der Waals surface area (Å²) < 4.78 is 31.0. The summed E-state index contributed by atoms with van der Waals surface area (Å²) in [6.07, 6.45) is 2.41. The van der Waals surface area contributed by atoms with Crippen molar-refractivity contribution in [2.75, 3.05) is 29.2 Å². The molecule has 3 aromatic rings. The second-order valence-electron chi connectivity index (χ2n) is 7.48. The molecule has 6 N–H and O–H groups in total. The molecule has 11 nitrogen and oxygen atoms in total. The van der Waals surface area contributed by atoms with E-state index in [4.69, 9.17) is 14.8 Å². The Balaban J connectivity index is 0.000000654. The molecule has 0 saturated heterocycles. The molecule has 0 saturated carbocycles. The average molecular weight is 464 g/mol. The average Bonchev–Trinajstić information content (AvgIpc) is 3.17.